The molecule has 0 atom stereocenters. The number of aromatic nitrogens is 9. The molecule has 0 aliphatic heterocycles. The lowest BCUT2D eigenvalue weighted by molar-refractivity contribution is 0.269. The van der Waals surface area contributed by atoms with Crippen LogP contribution in [-0.4, -0.2) is 60.9 Å². The van der Waals surface area contributed by atoms with Crippen LogP contribution in [-0.2, 0) is 19.7 Å². The van der Waals surface area contributed by atoms with Crippen LogP contribution in [0.4, 0.5) is 0 Å². The smallest absolute Gasteiger partial charge is 0.221 e. The molecule has 0 unspecified atom stereocenters. The third kappa shape index (κ3) is 3.11. The average molecular weight is 391 g/mol. The van der Waals surface area contributed by atoms with Gasteiger partial charge in [-0.05, 0) is 11.6 Å². The number of nitrogens with zero attached hydrogens (tertiary/aromatic N) is 9. The third-order valence-corrected chi connectivity index (χ3v) is 4.62. The first kappa shape index (κ1) is 17.4. The van der Waals surface area contributed by atoms with Gasteiger partial charge >= 0.3 is 0 Å². The fourth-order valence-corrected chi connectivity index (χ4v) is 3.18. The van der Waals surface area contributed by atoms with E-state index in [1.165, 1.54) is 0 Å². The molecule has 0 bridgehead atoms. The van der Waals surface area contributed by atoms with Crippen LogP contribution >= 0.6 is 0 Å². The first-order valence-corrected chi connectivity index (χ1v) is 9.01. The second-order valence-electron chi connectivity index (χ2n) is 6.54. The van der Waals surface area contributed by atoms with E-state index in [1.54, 1.807) is 28.0 Å². The molecule has 0 amide bonds. The lowest BCUT2D eigenvalue weighted by Gasteiger charge is -2.05. The van der Waals surface area contributed by atoms with Crippen LogP contribution in [0.2, 0.25) is 0 Å². The van der Waals surface area contributed by atoms with Gasteiger partial charge in [-0.25, -0.2) is 19.6 Å². The Morgan fingerprint density at radius 1 is 1.00 bits per heavy atom. The number of hydrogen-bond acceptors (Lipinski definition) is 8. The van der Waals surface area contributed by atoms with Crippen molar-refractivity contribution >= 4 is 16.9 Å². The van der Waals surface area contributed by atoms with Crippen molar-refractivity contribution < 1.29 is 10.2 Å². The summed E-state index contributed by atoms with van der Waals surface area (Å²) in [7, 11) is 0. The zero-order valence-corrected chi connectivity index (χ0v) is 15.3. The van der Waals surface area contributed by atoms with Gasteiger partial charge in [-0.1, -0.05) is 11.3 Å². The number of pyridine rings is 1. The van der Waals surface area contributed by atoms with Crippen molar-refractivity contribution in [2.75, 3.05) is 6.61 Å². The summed E-state index contributed by atoms with van der Waals surface area (Å²) in [4.78, 5) is 13.3. The molecule has 5 aromatic rings. The van der Waals surface area contributed by atoms with Gasteiger partial charge in [-0.15, -0.1) is 5.10 Å². The van der Waals surface area contributed by atoms with Crippen LogP contribution in [0.15, 0.2) is 43.1 Å². The summed E-state index contributed by atoms with van der Waals surface area (Å²) >= 11 is 0. The Morgan fingerprint density at radius 2 is 1.93 bits per heavy atom. The van der Waals surface area contributed by atoms with Crippen LogP contribution in [0.25, 0.3) is 28.2 Å². The van der Waals surface area contributed by atoms with Crippen molar-refractivity contribution in [1.82, 2.24) is 44.1 Å². The molecule has 5 heterocycles. The predicted molar refractivity (Wildman–Crippen MR) is 102 cm³/mol. The van der Waals surface area contributed by atoms with Crippen molar-refractivity contribution in [2.24, 2.45) is 0 Å². The van der Waals surface area contributed by atoms with Gasteiger partial charge in [-0.3, -0.25) is 4.68 Å². The predicted octanol–water partition coefficient (Wildman–Crippen LogP) is 0.265. The molecule has 0 saturated heterocycles. The molecule has 0 aromatic carbocycles. The Balaban J connectivity index is 1.50. The Hall–Kier alpha value is -3.70. The second kappa shape index (κ2) is 7.04. The zero-order valence-electron chi connectivity index (χ0n) is 15.3. The third-order valence-electron chi connectivity index (χ3n) is 4.62. The van der Waals surface area contributed by atoms with Gasteiger partial charge in [-0.2, -0.15) is 5.10 Å². The lowest BCUT2D eigenvalue weighted by atomic mass is 10.2. The molecule has 0 spiro atoms. The molecule has 0 radical (unpaired) electrons. The van der Waals surface area contributed by atoms with E-state index in [1.807, 2.05) is 28.9 Å². The van der Waals surface area contributed by atoms with Crippen LogP contribution in [0.1, 0.15) is 11.3 Å². The summed E-state index contributed by atoms with van der Waals surface area (Å²) in [5.74, 6) is 0. The highest BCUT2D eigenvalue weighted by atomic mass is 16.3. The molecule has 0 aliphatic carbocycles. The molecule has 11 nitrogen and oxygen atoms in total. The van der Waals surface area contributed by atoms with Gasteiger partial charge < -0.3 is 14.6 Å². The van der Waals surface area contributed by atoms with E-state index < -0.39 is 0 Å². The maximum Gasteiger partial charge on any atom is 0.221 e. The summed E-state index contributed by atoms with van der Waals surface area (Å²) < 4.78 is 5.18. The van der Waals surface area contributed by atoms with Crippen molar-refractivity contribution in [3.63, 3.8) is 0 Å². The molecule has 2 N–H and O–H groups in total. The Kier molecular flexibility index (Phi) is 4.22. The number of aliphatic hydroxyl groups is 2. The van der Waals surface area contributed by atoms with Crippen molar-refractivity contribution in [3.05, 3.63) is 54.4 Å². The van der Waals surface area contributed by atoms with Gasteiger partial charge in [0.2, 0.25) is 5.65 Å². The van der Waals surface area contributed by atoms with E-state index in [-0.39, 0.29) is 13.2 Å². The number of fused-ring (bicyclic) bond motifs is 2. The summed E-state index contributed by atoms with van der Waals surface area (Å²) in [6, 6.07) is 3.84. The summed E-state index contributed by atoms with van der Waals surface area (Å²) in [6.45, 7) is 0.788. The molecule has 5 aromatic heterocycles. The fourth-order valence-electron chi connectivity index (χ4n) is 3.18. The van der Waals surface area contributed by atoms with E-state index in [9.17, 15) is 5.11 Å². The van der Waals surface area contributed by atoms with Crippen LogP contribution < -0.4 is 0 Å². The van der Waals surface area contributed by atoms with Gasteiger partial charge in [0.05, 0.1) is 56.3 Å². The summed E-state index contributed by atoms with van der Waals surface area (Å²) in [5, 5.41) is 31.0. The fraction of sp³-hybridized carbons (Fsp3) is 0.222. The highest BCUT2D eigenvalue weighted by Crippen LogP contribution is 2.18. The highest BCUT2D eigenvalue weighted by molar-refractivity contribution is 5.69. The number of aliphatic hydroxyl groups excluding tert-OH is 2. The molecule has 0 fully saturated rings. The maximum absolute atomic E-state index is 9.46. The topological polar surface area (TPSA) is 132 Å². The zero-order chi connectivity index (χ0) is 19.8. The molecule has 11 heteroatoms. The first-order chi connectivity index (χ1) is 14.2. The van der Waals surface area contributed by atoms with Crippen LogP contribution in [0, 0.1) is 0 Å². The summed E-state index contributed by atoms with van der Waals surface area (Å²) in [6.07, 6.45) is 8.69. The van der Waals surface area contributed by atoms with E-state index in [4.69, 9.17) is 5.11 Å². The van der Waals surface area contributed by atoms with Gasteiger partial charge in [0.15, 0.2) is 5.65 Å². The number of rotatable bonds is 6. The molecule has 146 valence electrons. The van der Waals surface area contributed by atoms with Gasteiger partial charge in [0, 0.05) is 18.0 Å². The van der Waals surface area contributed by atoms with Crippen LogP contribution in [0.3, 0.4) is 0 Å². The molecular formula is C18H17N9O2. The van der Waals surface area contributed by atoms with E-state index >= 15 is 0 Å². The Morgan fingerprint density at radius 3 is 2.79 bits per heavy atom. The monoisotopic (exact) mass is 391 g/mol. The first-order valence-electron chi connectivity index (χ1n) is 9.01. The van der Waals surface area contributed by atoms with Crippen molar-refractivity contribution in [1.29, 1.82) is 0 Å². The van der Waals surface area contributed by atoms with Gasteiger partial charge in [0.25, 0.3) is 0 Å². The summed E-state index contributed by atoms with van der Waals surface area (Å²) in [5.41, 5.74) is 4.91. The minimum absolute atomic E-state index is 0.0157. The quantitative estimate of drug-likeness (QED) is 0.421. The van der Waals surface area contributed by atoms with Crippen molar-refractivity contribution in [3.8, 4) is 11.3 Å². The standard InChI is InChI=1S/C18H17N9O2/c28-4-3-25-10-13(5-21-25)15-7-20-17-18(22-15)27(24-23-17)9-12-1-2-16-19-6-14(11-29)26(16)8-12/h1-2,5-8,10,28-29H,3-4,9,11H2. The largest absolute Gasteiger partial charge is 0.394 e. The van der Waals surface area contributed by atoms with Crippen molar-refractivity contribution in [2.45, 2.75) is 19.7 Å². The van der Waals surface area contributed by atoms with E-state index in [2.05, 4.69) is 30.4 Å². The lowest BCUT2D eigenvalue weighted by Crippen LogP contribution is -2.05. The number of hydrogen-bond donors (Lipinski definition) is 2. The molecular weight excluding hydrogens is 374 g/mol. The van der Waals surface area contributed by atoms with E-state index in [0.717, 1.165) is 16.8 Å². The Bertz CT molecular complexity index is 1300. The normalized spacial score (nSPS) is 11.7. The van der Waals surface area contributed by atoms with Gasteiger partial charge in [0.1, 0.15) is 5.65 Å². The maximum atomic E-state index is 9.46. The Labute approximate surface area is 163 Å². The highest BCUT2D eigenvalue weighted by Gasteiger charge is 2.12. The average Bonchev–Trinajstić information content (AvgIpc) is 3.46. The van der Waals surface area contributed by atoms with E-state index in [0.29, 0.717) is 35.8 Å². The minimum atomic E-state index is -0.0876. The molecule has 5 rings (SSSR count). The van der Waals surface area contributed by atoms with Crippen LogP contribution in [0.5, 0.6) is 0 Å². The molecule has 29 heavy (non-hydrogen) atoms. The molecule has 0 aliphatic rings. The second-order valence-corrected chi connectivity index (χ2v) is 6.54. The SMILES string of the molecule is OCCn1cc(-c2cnc3nnn(Cc4ccc5ncc(CO)n5c4)c3n2)cn1. The molecule has 0 saturated carbocycles. The number of imidazole rings is 1. The minimum Gasteiger partial charge on any atom is -0.394 e.